The highest BCUT2D eigenvalue weighted by molar-refractivity contribution is 7.99. The zero-order chi connectivity index (χ0) is 14.0. The van der Waals surface area contributed by atoms with Crippen molar-refractivity contribution in [3.8, 4) is 0 Å². The molecular weight excluding hydrogens is 294 g/mol. The minimum atomic E-state index is -3.08. The van der Waals surface area contributed by atoms with Gasteiger partial charge in [-0.3, -0.25) is 9.36 Å². The Kier molecular flexibility index (Phi) is 4.11. The summed E-state index contributed by atoms with van der Waals surface area (Å²) in [6.45, 7) is -0.364. The van der Waals surface area contributed by atoms with E-state index in [-0.39, 0.29) is 35.7 Å². The van der Waals surface area contributed by atoms with Gasteiger partial charge in [0, 0.05) is 0 Å². The first-order valence-corrected chi connectivity index (χ1v) is 8.33. The summed E-state index contributed by atoms with van der Waals surface area (Å²) in [7, 11) is -3.08. The van der Waals surface area contributed by atoms with Crippen molar-refractivity contribution in [2.75, 3.05) is 17.3 Å². The molecule has 2 heterocycles. The molecule has 1 aromatic rings. The smallest absolute Gasteiger partial charge is 0.313 e. The molecule has 1 saturated heterocycles. The Balaban J connectivity index is 2.26. The number of sulfone groups is 1. The lowest BCUT2D eigenvalue weighted by atomic mass is 10.2. The van der Waals surface area contributed by atoms with Crippen LogP contribution in [0.25, 0.3) is 0 Å². The summed E-state index contributed by atoms with van der Waals surface area (Å²) in [5.74, 6) is -0.870. The first-order chi connectivity index (χ1) is 8.93. The fourth-order valence-electron chi connectivity index (χ4n) is 1.99. The van der Waals surface area contributed by atoms with Crippen LogP contribution in [0.1, 0.15) is 18.3 Å². The van der Waals surface area contributed by atoms with E-state index in [1.165, 1.54) is 4.57 Å². The second-order valence-corrected chi connectivity index (χ2v) is 7.34. The Bertz CT molecular complexity index is 583. The van der Waals surface area contributed by atoms with Gasteiger partial charge in [0.1, 0.15) is 6.61 Å². The lowest BCUT2D eigenvalue weighted by molar-refractivity contribution is -0.133. The fourth-order valence-corrected chi connectivity index (χ4v) is 4.43. The molecule has 1 aliphatic rings. The van der Waals surface area contributed by atoms with Crippen molar-refractivity contribution < 1.29 is 23.4 Å². The molecule has 1 aliphatic heterocycles. The minimum absolute atomic E-state index is 0.0291. The summed E-state index contributed by atoms with van der Waals surface area (Å²) < 4.78 is 24.5. The van der Waals surface area contributed by atoms with Crippen LogP contribution in [0.4, 0.5) is 0 Å². The Morgan fingerprint density at radius 3 is 2.74 bits per heavy atom. The Morgan fingerprint density at radius 2 is 2.21 bits per heavy atom. The number of carboxylic acid groups (broad SMARTS) is 1. The van der Waals surface area contributed by atoms with Gasteiger partial charge in [-0.25, -0.2) is 8.42 Å². The van der Waals surface area contributed by atoms with Gasteiger partial charge in [0.15, 0.2) is 20.8 Å². The number of aromatic nitrogens is 3. The summed E-state index contributed by atoms with van der Waals surface area (Å²) in [5.41, 5.74) is 0. The van der Waals surface area contributed by atoms with Crippen molar-refractivity contribution in [2.24, 2.45) is 0 Å². The molecule has 0 radical (unpaired) electrons. The number of hydrogen-bond acceptors (Lipinski definition) is 7. The number of carbonyl (C=O) groups is 1. The van der Waals surface area contributed by atoms with Crippen LogP contribution in [0.5, 0.6) is 0 Å². The third-order valence-electron chi connectivity index (χ3n) is 2.77. The monoisotopic (exact) mass is 307 g/mol. The molecule has 10 heteroatoms. The highest BCUT2D eigenvalue weighted by Gasteiger charge is 2.32. The van der Waals surface area contributed by atoms with Crippen molar-refractivity contribution >= 4 is 27.6 Å². The van der Waals surface area contributed by atoms with E-state index in [2.05, 4.69) is 10.2 Å². The topological polar surface area (TPSA) is 122 Å². The van der Waals surface area contributed by atoms with E-state index in [9.17, 15) is 18.3 Å². The zero-order valence-corrected chi connectivity index (χ0v) is 11.5. The molecule has 8 nitrogen and oxygen atoms in total. The van der Waals surface area contributed by atoms with Crippen molar-refractivity contribution in [1.82, 2.24) is 14.8 Å². The number of aliphatic hydroxyl groups excluding tert-OH is 1. The van der Waals surface area contributed by atoms with Gasteiger partial charge >= 0.3 is 5.97 Å². The normalized spacial score (nSPS) is 21.6. The summed E-state index contributed by atoms with van der Waals surface area (Å²) in [6, 6.07) is -0.335. The van der Waals surface area contributed by atoms with Crippen molar-refractivity contribution in [3.63, 3.8) is 0 Å². The van der Waals surface area contributed by atoms with Gasteiger partial charge in [-0.2, -0.15) is 0 Å². The third kappa shape index (κ3) is 3.25. The van der Waals surface area contributed by atoms with E-state index in [1.54, 1.807) is 0 Å². The van der Waals surface area contributed by atoms with E-state index < -0.39 is 15.8 Å². The van der Waals surface area contributed by atoms with Crippen LogP contribution in [-0.2, 0) is 21.2 Å². The van der Waals surface area contributed by atoms with Gasteiger partial charge in [-0.1, -0.05) is 11.8 Å². The molecule has 2 N–H and O–H groups in total. The second-order valence-electron chi connectivity index (χ2n) is 4.17. The van der Waals surface area contributed by atoms with Gasteiger partial charge in [0.25, 0.3) is 0 Å². The highest BCUT2D eigenvalue weighted by Crippen LogP contribution is 2.29. The maximum absolute atomic E-state index is 11.5. The Labute approximate surface area is 113 Å². The van der Waals surface area contributed by atoms with Gasteiger partial charge in [-0.15, -0.1) is 10.2 Å². The molecule has 0 aliphatic carbocycles. The number of nitrogens with zero attached hydrogens (tertiary/aromatic N) is 3. The van der Waals surface area contributed by atoms with Crippen molar-refractivity contribution in [3.05, 3.63) is 5.82 Å². The number of thioether (sulfide) groups is 1. The van der Waals surface area contributed by atoms with Crippen molar-refractivity contribution in [2.45, 2.75) is 24.2 Å². The second kappa shape index (κ2) is 5.47. The first-order valence-electron chi connectivity index (χ1n) is 5.52. The Morgan fingerprint density at radius 1 is 1.47 bits per heavy atom. The van der Waals surface area contributed by atoms with Crippen molar-refractivity contribution in [1.29, 1.82) is 0 Å². The van der Waals surface area contributed by atoms with Gasteiger partial charge in [0.05, 0.1) is 23.3 Å². The molecule has 19 heavy (non-hydrogen) atoms. The lowest BCUT2D eigenvalue weighted by Gasteiger charge is -2.14. The molecule has 1 unspecified atom stereocenters. The molecule has 0 spiro atoms. The highest BCUT2D eigenvalue weighted by atomic mass is 32.2. The van der Waals surface area contributed by atoms with E-state index in [0.717, 1.165) is 11.8 Å². The number of aliphatic carboxylic acids is 1. The van der Waals surface area contributed by atoms with Crippen LogP contribution in [0.3, 0.4) is 0 Å². The number of rotatable bonds is 5. The van der Waals surface area contributed by atoms with E-state index in [4.69, 9.17) is 5.11 Å². The third-order valence-corrected chi connectivity index (χ3v) is 5.45. The molecule has 1 aromatic heterocycles. The summed E-state index contributed by atoms with van der Waals surface area (Å²) in [6.07, 6.45) is 0.425. The fraction of sp³-hybridized carbons (Fsp3) is 0.667. The molecule has 106 valence electrons. The number of hydrogen-bond donors (Lipinski definition) is 2. The summed E-state index contributed by atoms with van der Waals surface area (Å²) >= 11 is 0.962. The standard InChI is InChI=1S/C9H13N3O5S2/c13-3-7-10-11-9(18-4-8(14)15)12(7)6-1-2-19(16,17)5-6/h6,13H,1-5H2,(H,14,15). The SMILES string of the molecule is O=C(O)CSc1nnc(CO)n1C1CCS(=O)(=O)C1. The molecule has 0 aromatic carbocycles. The number of aliphatic hydroxyl groups is 1. The lowest BCUT2D eigenvalue weighted by Crippen LogP contribution is -2.15. The minimum Gasteiger partial charge on any atom is -0.481 e. The maximum atomic E-state index is 11.5. The van der Waals surface area contributed by atoms with Crippen LogP contribution in [0.2, 0.25) is 0 Å². The van der Waals surface area contributed by atoms with Crippen LogP contribution >= 0.6 is 11.8 Å². The maximum Gasteiger partial charge on any atom is 0.313 e. The molecule has 1 atom stereocenters. The largest absolute Gasteiger partial charge is 0.481 e. The quantitative estimate of drug-likeness (QED) is 0.685. The van der Waals surface area contributed by atoms with Gasteiger partial charge < -0.3 is 10.2 Å². The predicted octanol–water partition coefficient (Wildman–Crippen LogP) is -0.693. The molecular formula is C9H13N3O5S2. The average molecular weight is 307 g/mol. The van der Waals surface area contributed by atoms with E-state index >= 15 is 0 Å². The van der Waals surface area contributed by atoms with Crippen LogP contribution in [-0.4, -0.2) is 56.6 Å². The van der Waals surface area contributed by atoms with Gasteiger partial charge in [-0.05, 0) is 6.42 Å². The molecule has 1 fully saturated rings. The predicted molar refractivity (Wildman–Crippen MR) is 66.6 cm³/mol. The average Bonchev–Trinajstić information content (AvgIpc) is 2.88. The van der Waals surface area contributed by atoms with Crippen LogP contribution in [0.15, 0.2) is 5.16 Å². The van der Waals surface area contributed by atoms with Crippen LogP contribution < -0.4 is 0 Å². The summed E-state index contributed by atoms with van der Waals surface area (Å²) in [5, 5.41) is 25.8. The van der Waals surface area contributed by atoms with E-state index in [1.807, 2.05) is 0 Å². The first kappa shape index (κ1) is 14.3. The summed E-state index contributed by atoms with van der Waals surface area (Å²) in [4.78, 5) is 10.6. The zero-order valence-electron chi connectivity index (χ0n) is 9.89. The molecule has 0 bridgehead atoms. The van der Waals surface area contributed by atoms with E-state index in [0.29, 0.717) is 11.6 Å². The number of carboxylic acids is 1. The molecule has 2 rings (SSSR count). The molecule has 0 saturated carbocycles. The van der Waals surface area contributed by atoms with Crippen LogP contribution in [0, 0.1) is 0 Å². The molecule has 0 amide bonds. The van der Waals surface area contributed by atoms with Gasteiger partial charge in [0.2, 0.25) is 0 Å². The Hall–Kier alpha value is -1.13.